The van der Waals surface area contributed by atoms with Gasteiger partial charge in [0.05, 0.1) is 12.1 Å². The van der Waals surface area contributed by atoms with Gasteiger partial charge >= 0.3 is 7.75 Å². The molecule has 108 valence electrons. The molecule has 0 amide bonds. The largest absolute Gasteiger partial charge is 0.403 e. The van der Waals surface area contributed by atoms with Crippen LogP contribution in [-0.2, 0) is 4.57 Å². The van der Waals surface area contributed by atoms with E-state index in [2.05, 4.69) is 0 Å². The van der Waals surface area contributed by atoms with E-state index >= 15 is 0 Å². The Kier molecular flexibility index (Phi) is 7.90. The van der Waals surface area contributed by atoms with Crippen molar-refractivity contribution in [2.75, 3.05) is 0 Å². The standard InChI is InChI=1S/C12H22N3O3P/c1-10(2)15(19(16,17)18)11(3)12(6-4-8-13)7-5-9-14/h10-12H,4-7H2,1-3H3,(H2,16,17,18)/t11-/m1/s1. The maximum atomic E-state index is 11.6. The summed E-state index contributed by atoms with van der Waals surface area (Å²) in [5.41, 5.74) is 0. The Balaban J connectivity index is 5.02. The molecule has 0 aliphatic rings. The molecule has 0 aliphatic carbocycles. The summed E-state index contributed by atoms with van der Waals surface area (Å²) in [4.78, 5) is 18.8. The Labute approximate surface area is 114 Å². The highest BCUT2D eigenvalue weighted by atomic mass is 31.2. The molecule has 2 N–H and O–H groups in total. The average Bonchev–Trinajstić information content (AvgIpc) is 2.26. The minimum absolute atomic E-state index is 0.0747. The molecule has 0 aromatic heterocycles. The van der Waals surface area contributed by atoms with Crippen molar-refractivity contribution in [3.8, 4) is 12.1 Å². The second kappa shape index (κ2) is 8.30. The van der Waals surface area contributed by atoms with Gasteiger partial charge in [-0.05, 0) is 39.5 Å². The van der Waals surface area contributed by atoms with Crippen LogP contribution in [0.3, 0.4) is 0 Å². The average molecular weight is 287 g/mol. The van der Waals surface area contributed by atoms with E-state index in [-0.39, 0.29) is 18.0 Å². The summed E-state index contributed by atoms with van der Waals surface area (Å²) in [6.45, 7) is 5.20. The third kappa shape index (κ3) is 6.18. The van der Waals surface area contributed by atoms with Crippen LogP contribution in [0.15, 0.2) is 0 Å². The fourth-order valence-electron chi connectivity index (χ4n) is 2.35. The van der Waals surface area contributed by atoms with Gasteiger partial charge in [0.25, 0.3) is 0 Å². The van der Waals surface area contributed by atoms with Crippen molar-refractivity contribution < 1.29 is 14.4 Å². The monoisotopic (exact) mass is 287 g/mol. The molecule has 0 unspecified atom stereocenters. The third-order valence-electron chi connectivity index (χ3n) is 3.18. The van der Waals surface area contributed by atoms with Crippen LogP contribution in [0.1, 0.15) is 46.5 Å². The molecule has 0 saturated heterocycles. The fourth-order valence-corrected chi connectivity index (χ4v) is 3.62. The lowest BCUT2D eigenvalue weighted by atomic mass is 9.91. The first-order valence-electron chi connectivity index (χ1n) is 6.34. The normalized spacial score (nSPS) is 13.6. The lowest BCUT2D eigenvalue weighted by Crippen LogP contribution is -2.40. The van der Waals surface area contributed by atoms with E-state index in [0.29, 0.717) is 25.7 Å². The second-order valence-electron chi connectivity index (χ2n) is 4.88. The summed E-state index contributed by atoms with van der Waals surface area (Å²) >= 11 is 0. The molecular formula is C12H22N3O3P. The van der Waals surface area contributed by atoms with Crippen LogP contribution in [0, 0.1) is 28.6 Å². The Morgan fingerprint density at radius 3 is 1.79 bits per heavy atom. The van der Waals surface area contributed by atoms with Crippen LogP contribution < -0.4 is 0 Å². The SMILES string of the molecule is CC(C)N([C@H](C)C(CCC#N)CCC#N)P(=O)(O)O. The number of nitriles is 2. The van der Waals surface area contributed by atoms with Crippen molar-refractivity contribution in [3.05, 3.63) is 0 Å². The highest BCUT2D eigenvalue weighted by Crippen LogP contribution is 2.45. The van der Waals surface area contributed by atoms with Crippen molar-refractivity contribution in [1.82, 2.24) is 4.67 Å². The first kappa shape index (κ1) is 18.1. The lowest BCUT2D eigenvalue weighted by Gasteiger charge is -2.37. The Morgan fingerprint density at radius 1 is 1.11 bits per heavy atom. The Hall–Kier alpha value is -0.910. The first-order chi connectivity index (χ1) is 8.75. The number of nitrogens with zero attached hydrogens (tertiary/aromatic N) is 3. The summed E-state index contributed by atoms with van der Waals surface area (Å²) in [6.07, 6.45) is 1.74. The van der Waals surface area contributed by atoms with Crippen molar-refractivity contribution in [2.24, 2.45) is 5.92 Å². The lowest BCUT2D eigenvalue weighted by molar-refractivity contribution is 0.155. The van der Waals surface area contributed by atoms with Crippen LogP contribution in [0.5, 0.6) is 0 Å². The molecule has 0 aromatic carbocycles. The van der Waals surface area contributed by atoms with Crippen molar-refractivity contribution in [2.45, 2.75) is 58.5 Å². The van der Waals surface area contributed by atoms with E-state index in [1.165, 1.54) is 4.67 Å². The second-order valence-corrected chi connectivity index (χ2v) is 6.37. The van der Waals surface area contributed by atoms with Gasteiger partial charge in [0.15, 0.2) is 0 Å². The Morgan fingerprint density at radius 2 is 1.53 bits per heavy atom. The van der Waals surface area contributed by atoms with Gasteiger partial charge < -0.3 is 9.79 Å². The van der Waals surface area contributed by atoms with Gasteiger partial charge in [0.2, 0.25) is 0 Å². The molecule has 0 heterocycles. The number of rotatable bonds is 8. The fraction of sp³-hybridized carbons (Fsp3) is 0.833. The van der Waals surface area contributed by atoms with E-state index in [9.17, 15) is 14.4 Å². The minimum atomic E-state index is -4.34. The molecule has 6 nitrogen and oxygen atoms in total. The zero-order valence-corrected chi connectivity index (χ0v) is 12.5. The molecule has 0 radical (unpaired) electrons. The van der Waals surface area contributed by atoms with Gasteiger partial charge in [0.1, 0.15) is 0 Å². The molecule has 0 fully saturated rings. The van der Waals surface area contributed by atoms with Crippen LogP contribution in [0.25, 0.3) is 0 Å². The van der Waals surface area contributed by atoms with Gasteiger partial charge in [-0.25, -0.2) is 9.24 Å². The van der Waals surface area contributed by atoms with Crippen LogP contribution >= 0.6 is 7.75 Å². The molecule has 19 heavy (non-hydrogen) atoms. The van der Waals surface area contributed by atoms with E-state index in [1.54, 1.807) is 20.8 Å². The topological polar surface area (TPSA) is 108 Å². The van der Waals surface area contributed by atoms with Gasteiger partial charge in [-0.3, -0.25) is 0 Å². The molecular weight excluding hydrogens is 265 g/mol. The van der Waals surface area contributed by atoms with Crippen molar-refractivity contribution in [1.29, 1.82) is 10.5 Å². The van der Waals surface area contributed by atoms with Crippen LogP contribution in [-0.4, -0.2) is 26.5 Å². The predicted molar refractivity (Wildman–Crippen MR) is 71.7 cm³/mol. The molecule has 1 atom stereocenters. The predicted octanol–water partition coefficient (Wildman–Crippen LogP) is 2.40. The summed E-state index contributed by atoms with van der Waals surface area (Å²) < 4.78 is 12.7. The highest BCUT2D eigenvalue weighted by Gasteiger charge is 2.36. The molecule has 7 heteroatoms. The molecule has 0 rings (SSSR count). The number of hydrogen-bond donors (Lipinski definition) is 2. The maximum absolute atomic E-state index is 11.6. The molecule has 0 aliphatic heterocycles. The summed E-state index contributed by atoms with van der Waals surface area (Å²) in [5.74, 6) is -0.0747. The maximum Gasteiger partial charge on any atom is 0.403 e. The molecule has 0 aromatic rings. The number of hydrogen-bond acceptors (Lipinski definition) is 3. The van der Waals surface area contributed by atoms with Crippen molar-refractivity contribution in [3.63, 3.8) is 0 Å². The third-order valence-corrected chi connectivity index (χ3v) is 4.61. The van der Waals surface area contributed by atoms with Crippen molar-refractivity contribution >= 4 is 7.75 Å². The van der Waals surface area contributed by atoms with E-state index < -0.39 is 7.75 Å². The van der Waals surface area contributed by atoms with Gasteiger partial charge in [0, 0.05) is 24.9 Å². The smallest absolute Gasteiger partial charge is 0.312 e. The van der Waals surface area contributed by atoms with Gasteiger partial charge in [-0.15, -0.1) is 0 Å². The summed E-state index contributed by atoms with van der Waals surface area (Å²) in [5, 5.41) is 17.3. The summed E-state index contributed by atoms with van der Waals surface area (Å²) in [7, 11) is -4.34. The quantitative estimate of drug-likeness (QED) is 0.663. The summed E-state index contributed by atoms with van der Waals surface area (Å²) in [6, 6.07) is 3.41. The van der Waals surface area contributed by atoms with E-state index in [4.69, 9.17) is 10.5 Å². The van der Waals surface area contributed by atoms with Gasteiger partial charge in [-0.1, -0.05) is 0 Å². The zero-order chi connectivity index (χ0) is 15.1. The van der Waals surface area contributed by atoms with Gasteiger partial charge in [-0.2, -0.15) is 10.5 Å². The molecule has 0 saturated carbocycles. The first-order valence-corrected chi connectivity index (χ1v) is 7.90. The van der Waals surface area contributed by atoms with Crippen LogP contribution in [0.4, 0.5) is 0 Å². The zero-order valence-electron chi connectivity index (χ0n) is 11.7. The van der Waals surface area contributed by atoms with E-state index in [0.717, 1.165) is 0 Å². The van der Waals surface area contributed by atoms with E-state index in [1.807, 2.05) is 12.1 Å². The molecule has 0 spiro atoms. The van der Waals surface area contributed by atoms with Crippen LogP contribution in [0.2, 0.25) is 0 Å². The minimum Gasteiger partial charge on any atom is -0.312 e. The highest BCUT2D eigenvalue weighted by molar-refractivity contribution is 7.49. The Bertz CT molecular complexity index is 376. The molecule has 0 bridgehead atoms.